The molecule has 0 aromatic rings. The monoisotopic (exact) mass is 184 g/mol. The lowest BCUT2D eigenvalue weighted by Crippen LogP contribution is -2.26. The van der Waals surface area contributed by atoms with Crippen molar-refractivity contribution >= 4 is 11.8 Å². The second-order valence-electron chi connectivity index (χ2n) is 3.82. The molecule has 1 fully saturated rings. The van der Waals surface area contributed by atoms with Gasteiger partial charge in [-0.3, -0.25) is 9.59 Å². The molecule has 1 rings (SSSR count). The van der Waals surface area contributed by atoms with Crippen molar-refractivity contribution < 1.29 is 14.3 Å². The van der Waals surface area contributed by atoms with Crippen LogP contribution < -0.4 is 0 Å². The average molecular weight is 184 g/mol. The van der Waals surface area contributed by atoms with Crippen LogP contribution in [-0.4, -0.2) is 18.4 Å². The van der Waals surface area contributed by atoms with Crippen molar-refractivity contribution in [2.75, 3.05) is 6.61 Å². The second kappa shape index (κ2) is 3.90. The summed E-state index contributed by atoms with van der Waals surface area (Å²) < 4.78 is 4.83. The summed E-state index contributed by atoms with van der Waals surface area (Å²) in [5.41, 5.74) is -0.438. The number of carbonyl (C=O) groups excluding carboxylic acids is 2. The van der Waals surface area contributed by atoms with Crippen molar-refractivity contribution in [3.8, 4) is 0 Å². The first kappa shape index (κ1) is 10.2. The summed E-state index contributed by atoms with van der Waals surface area (Å²) in [6.07, 6.45) is 2.61. The van der Waals surface area contributed by atoms with Gasteiger partial charge in [0.2, 0.25) is 0 Å². The van der Waals surface area contributed by atoms with Gasteiger partial charge < -0.3 is 4.74 Å². The largest absolute Gasteiger partial charge is 0.466 e. The van der Waals surface area contributed by atoms with Gasteiger partial charge in [-0.15, -0.1) is 0 Å². The zero-order valence-electron chi connectivity index (χ0n) is 8.26. The van der Waals surface area contributed by atoms with Crippen LogP contribution in [0.3, 0.4) is 0 Å². The predicted molar refractivity (Wildman–Crippen MR) is 48.2 cm³/mol. The molecule has 0 aromatic carbocycles. The normalized spacial score (nSPS) is 27.7. The van der Waals surface area contributed by atoms with Gasteiger partial charge in [-0.25, -0.2) is 0 Å². The Bertz CT molecular complexity index is 222. The van der Waals surface area contributed by atoms with E-state index in [0.29, 0.717) is 13.0 Å². The zero-order chi connectivity index (χ0) is 9.90. The maximum absolute atomic E-state index is 11.4. The molecule has 0 bridgehead atoms. The first-order valence-electron chi connectivity index (χ1n) is 4.77. The summed E-state index contributed by atoms with van der Waals surface area (Å²) in [6, 6.07) is 0. The fourth-order valence-electron chi connectivity index (χ4n) is 1.80. The molecular weight excluding hydrogens is 168 g/mol. The SMILES string of the molecule is CCOC(=O)CC1(C)CCCC1=O. The van der Waals surface area contributed by atoms with Crippen molar-refractivity contribution in [3.63, 3.8) is 0 Å². The van der Waals surface area contributed by atoms with E-state index in [4.69, 9.17) is 4.74 Å². The van der Waals surface area contributed by atoms with Gasteiger partial charge >= 0.3 is 5.97 Å². The maximum Gasteiger partial charge on any atom is 0.306 e. The summed E-state index contributed by atoms with van der Waals surface area (Å²) in [5, 5.41) is 0. The van der Waals surface area contributed by atoms with E-state index < -0.39 is 5.41 Å². The lowest BCUT2D eigenvalue weighted by Gasteiger charge is -2.19. The third-order valence-corrected chi connectivity index (χ3v) is 2.65. The van der Waals surface area contributed by atoms with Crippen LogP contribution in [0.5, 0.6) is 0 Å². The molecule has 13 heavy (non-hydrogen) atoms. The molecule has 0 amide bonds. The Hall–Kier alpha value is -0.860. The molecule has 1 unspecified atom stereocenters. The molecule has 1 saturated carbocycles. The van der Waals surface area contributed by atoms with E-state index in [-0.39, 0.29) is 18.2 Å². The number of rotatable bonds is 3. The van der Waals surface area contributed by atoms with Crippen molar-refractivity contribution in [2.45, 2.75) is 39.5 Å². The quantitative estimate of drug-likeness (QED) is 0.627. The van der Waals surface area contributed by atoms with Crippen molar-refractivity contribution in [3.05, 3.63) is 0 Å². The van der Waals surface area contributed by atoms with Crippen molar-refractivity contribution in [2.24, 2.45) is 5.41 Å². The number of ether oxygens (including phenoxy) is 1. The summed E-state index contributed by atoms with van der Waals surface area (Å²) >= 11 is 0. The lowest BCUT2D eigenvalue weighted by atomic mass is 9.84. The first-order valence-corrected chi connectivity index (χ1v) is 4.77. The summed E-state index contributed by atoms with van der Waals surface area (Å²) in [5.74, 6) is -0.0409. The Balaban J connectivity index is 2.51. The molecule has 3 nitrogen and oxygen atoms in total. The molecule has 1 atom stereocenters. The zero-order valence-corrected chi connectivity index (χ0v) is 8.26. The number of esters is 1. The Morgan fingerprint density at radius 3 is 2.77 bits per heavy atom. The average Bonchev–Trinajstić information content (AvgIpc) is 2.32. The Labute approximate surface area is 78.5 Å². The molecule has 1 aliphatic rings. The second-order valence-corrected chi connectivity index (χ2v) is 3.82. The predicted octanol–water partition coefficient (Wildman–Crippen LogP) is 1.70. The summed E-state index contributed by atoms with van der Waals surface area (Å²) in [6.45, 7) is 4.03. The number of ketones is 1. The molecule has 74 valence electrons. The minimum Gasteiger partial charge on any atom is -0.466 e. The fourth-order valence-corrected chi connectivity index (χ4v) is 1.80. The highest BCUT2D eigenvalue weighted by Gasteiger charge is 2.39. The van der Waals surface area contributed by atoms with E-state index in [0.717, 1.165) is 12.8 Å². The van der Waals surface area contributed by atoms with Gasteiger partial charge in [0.15, 0.2) is 0 Å². The van der Waals surface area contributed by atoms with Gasteiger partial charge in [0.05, 0.1) is 13.0 Å². The molecule has 0 spiro atoms. The Morgan fingerprint density at radius 1 is 1.62 bits per heavy atom. The fraction of sp³-hybridized carbons (Fsp3) is 0.800. The number of hydrogen-bond donors (Lipinski definition) is 0. The molecule has 0 aliphatic heterocycles. The minimum atomic E-state index is -0.438. The van der Waals surface area contributed by atoms with Crippen LogP contribution in [0.1, 0.15) is 39.5 Å². The Kier molecular flexibility index (Phi) is 3.07. The number of carbonyl (C=O) groups is 2. The smallest absolute Gasteiger partial charge is 0.306 e. The van der Waals surface area contributed by atoms with Crippen LogP contribution >= 0.6 is 0 Å². The molecule has 0 aromatic heterocycles. The molecule has 0 radical (unpaired) electrons. The maximum atomic E-state index is 11.4. The lowest BCUT2D eigenvalue weighted by molar-refractivity contribution is -0.148. The topological polar surface area (TPSA) is 43.4 Å². The van der Waals surface area contributed by atoms with E-state index in [1.807, 2.05) is 6.92 Å². The molecule has 1 aliphatic carbocycles. The third kappa shape index (κ3) is 2.29. The van der Waals surface area contributed by atoms with Gasteiger partial charge in [-0.05, 0) is 19.8 Å². The molecule has 0 heterocycles. The number of Topliss-reactive ketones (excluding diaryl/α,β-unsaturated/α-hetero) is 1. The van der Waals surface area contributed by atoms with Crippen LogP contribution in [0.4, 0.5) is 0 Å². The van der Waals surface area contributed by atoms with Gasteiger partial charge in [0, 0.05) is 11.8 Å². The highest BCUT2D eigenvalue weighted by atomic mass is 16.5. The van der Waals surface area contributed by atoms with Crippen molar-refractivity contribution in [1.29, 1.82) is 0 Å². The van der Waals surface area contributed by atoms with Crippen LogP contribution in [0.25, 0.3) is 0 Å². The summed E-state index contributed by atoms with van der Waals surface area (Å²) in [4.78, 5) is 22.6. The van der Waals surface area contributed by atoms with Gasteiger partial charge in [0.1, 0.15) is 5.78 Å². The molecule has 3 heteroatoms. The third-order valence-electron chi connectivity index (χ3n) is 2.65. The van der Waals surface area contributed by atoms with Crippen LogP contribution in [0.15, 0.2) is 0 Å². The van der Waals surface area contributed by atoms with Gasteiger partial charge in [0.25, 0.3) is 0 Å². The summed E-state index contributed by atoms with van der Waals surface area (Å²) in [7, 11) is 0. The van der Waals surface area contributed by atoms with Gasteiger partial charge in [-0.2, -0.15) is 0 Å². The van der Waals surface area contributed by atoms with Crippen molar-refractivity contribution in [1.82, 2.24) is 0 Å². The molecular formula is C10H16O3. The van der Waals surface area contributed by atoms with Gasteiger partial charge in [-0.1, -0.05) is 6.92 Å². The first-order chi connectivity index (χ1) is 6.08. The van der Waals surface area contributed by atoms with E-state index >= 15 is 0 Å². The highest BCUT2D eigenvalue weighted by Crippen LogP contribution is 2.37. The minimum absolute atomic E-state index is 0.209. The standard InChI is InChI=1S/C10H16O3/c1-3-13-9(12)7-10(2)6-4-5-8(10)11/h3-7H2,1-2H3. The van der Waals surface area contributed by atoms with Crippen LogP contribution in [0, 0.1) is 5.41 Å². The van der Waals surface area contributed by atoms with Crippen LogP contribution in [-0.2, 0) is 14.3 Å². The highest BCUT2D eigenvalue weighted by molar-refractivity contribution is 5.90. The molecule has 0 N–H and O–H groups in total. The molecule has 0 saturated heterocycles. The van der Waals surface area contributed by atoms with E-state index in [2.05, 4.69) is 0 Å². The van der Waals surface area contributed by atoms with E-state index in [1.54, 1.807) is 6.92 Å². The number of hydrogen-bond acceptors (Lipinski definition) is 3. The van der Waals surface area contributed by atoms with Crippen LogP contribution in [0.2, 0.25) is 0 Å². The van der Waals surface area contributed by atoms with E-state index in [1.165, 1.54) is 0 Å². The van der Waals surface area contributed by atoms with E-state index in [9.17, 15) is 9.59 Å². The Morgan fingerprint density at radius 2 is 2.31 bits per heavy atom.